The van der Waals surface area contributed by atoms with Crippen molar-refractivity contribution in [2.45, 2.75) is 24.2 Å². The highest BCUT2D eigenvalue weighted by molar-refractivity contribution is 6.05. The van der Waals surface area contributed by atoms with E-state index in [0.717, 1.165) is 24.3 Å². The van der Waals surface area contributed by atoms with Gasteiger partial charge in [-0.25, -0.2) is 13.2 Å². The smallest absolute Gasteiger partial charge is 0.381 e. The second kappa shape index (κ2) is 8.44. The summed E-state index contributed by atoms with van der Waals surface area (Å²) in [4.78, 5) is 12.1. The average Bonchev–Trinajstić information content (AvgIpc) is 2.66. The van der Waals surface area contributed by atoms with E-state index in [-0.39, 0.29) is 11.3 Å². The molecule has 0 aliphatic rings. The molecule has 0 saturated carbocycles. The maximum absolute atomic E-state index is 13.6. The van der Waals surface area contributed by atoms with E-state index in [1.54, 1.807) is 0 Å². The number of nitrogens with one attached hydrogen (secondary N) is 1. The zero-order valence-corrected chi connectivity index (χ0v) is 14.6. The Balaban J connectivity index is 2.19. The zero-order valence-electron chi connectivity index (χ0n) is 14.6. The standard InChI is InChI=1S/C18H12F9NO2/c19-11-5-3-4-10(8-11)14(29)28-12-6-1-2-7-13(12)30-9-16(22,23)18(26,27)17(24,25)15(20)21/h1-8,15H,9H2,(H,28,29). The number of halogens is 9. The summed E-state index contributed by atoms with van der Waals surface area (Å²) in [6, 6.07) is 8.80. The molecule has 2 aromatic rings. The molecular weight excluding hydrogens is 433 g/mol. The molecule has 0 fully saturated rings. The van der Waals surface area contributed by atoms with Crippen molar-refractivity contribution in [2.24, 2.45) is 0 Å². The summed E-state index contributed by atoms with van der Waals surface area (Å²) in [7, 11) is 0. The van der Waals surface area contributed by atoms with Crippen LogP contribution in [-0.2, 0) is 0 Å². The summed E-state index contributed by atoms with van der Waals surface area (Å²) in [6.45, 7) is -2.39. The van der Waals surface area contributed by atoms with Crippen molar-refractivity contribution in [1.82, 2.24) is 0 Å². The normalized spacial score (nSPS) is 12.7. The van der Waals surface area contributed by atoms with E-state index in [1.807, 2.05) is 0 Å². The molecule has 0 spiro atoms. The molecular formula is C18H12F9NO2. The monoisotopic (exact) mass is 445 g/mol. The first-order valence-electron chi connectivity index (χ1n) is 8.00. The van der Waals surface area contributed by atoms with Gasteiger partial charge in [-0.1, -0.05) is 18.2 Å². The molecule has 0 bridgehead atoms. The van der Waals surface area contributed by atoms with Crippen LogP contribution in [0.15, 0.2) is 48.5 Å². The molecule has 0 aromatic heterocycles. The maximum Gasteiger partial charge on any atom is 0.381 e. The van der Waals surface area contributed by atoms with Crippen LogP contribution in [0.5, 0.6) is 5.75 Å². The van der Waals surface area contributed by atoms with Crippen LogP contribution in [0.25, 0.3) is 0 Å². The molecule has 0 unspecified atom stereocenters. The Morgan fingerprint density at radius 3 is 2.20 bits per heavy atom. The van der Waals surface area contributed by atoms with Crippen LogP contribution < -0.4 is 10.1 Å². The van der Waals surface area contributed by atoms with Gasteiger partial charge in [0.25, 0.3) is 5.91 Å². The van der Waals surface area contributed by atoms with Crippen molar-refractivity contribution in [1.29, 1.82) is 0 Å². The number of ether oxygens (including phenoxy) is 1. The minimum absolute atomic E-state index is 0.182. The summed E-state index contributed by atoms with van der Waals surface area (Å²) >= 11 is 0. The van der Waals surface area contributed by atoms with Gasteiger partial charge in [0.05, 0.1) is 5.69 Å². The van der Waals surface area contributed by atoms with Crippen LogP contribution in [0, 0.1) is 5.82 Å². The second-order valence-electron chi connectivity index (χ2n) is 5.95. The Kier molecular flexibility index (Phi) is 6.57. The van der Waals surface area contributed by atoms with Gasteiger partial charge in [0.1, 0.15) is 11.6 Å². The Hall–Kier alpha value is -2.92. The van der Waals surface area contributed by atoms with Crippen LogP contribution in [0.2, 0.25) is 0 Å². The first-order valence-corrected chi connectivity index (χ1v) is 8.00. The van der Waals surface area contributed by atoms with E-state index in [1.165, 1.54) is 24.3 Å². The summed E-state index contributed by atoms with van der Waals surface area (Å²) < 4.78 is 122. The fourth-order valence-electron chi connectivity index (χ4n) is 2.16. The van der Waals surface area contributed by atoms with Gasteiger partial charge in [0.2, 0.25) is 0 Å². The molecule has 2 aromatic carbocycles. The molecule has 0 atom stereocenters. The Morgan fingerprint density at radius 1 is 0.967 bits per heavy atom. The van der Waals surface area contributed by atoms with E-state index in [0.29, 0.717) is 0 Å². The highest BCUT2D eigenvalue weighted by Gasteiger charge is 2.75. The number of amides is 1. The van der Waals surface area contributed by atoms with E-state index in [4.69, 9.17) is 0 Å². The molecule has 0 saturated heterocycles. The molecule has 0 radical (unpaired) electrons. The molecule has 1 amide bonds. The van der Waals surface area contributed by atoms with Crippen LogP contribution in [0.3, 0.4) is 0 Å². The van der Waals surface area contributed by atoms with Gasteiger partial charge in [-0.05, 0) is 30.3 Å². The highest BCUT2D eigenvalue weighted by atomic mass is 19.4. The highest BCUT2D eigenvalue weighted by Crippen LogP contribution is 2.48. The predicted molar refractivity (Wildman–Crippen MR) is 87.1 cm³/mol. The number of benzene rings is 2. The molecule has 12 heteroatoms. The number of hydrogen-bond acceptors (Lipinski definition) is 2. The third kappa shape index (κ3) is 4.62. The number of hydrogen-bond donors (Lipinski definition) is 1. The number of para-hydroxylation sites is 2. The minimum atomic E-state index is -6.42. The van der Waals surface area contributed by atoms with Gasteiger partial charge in [0, 0.05) is 5.56 Å². The van der Waals surface area contributed by atoms with Crippen LogP contribution in [0.4, 0.5) is 45.2 Å². The lowest BCUT2D eigenvalue weighted by Crippen LogP contribution is -2.59. The van der Waals surface area contributed by atoms with E-state index < -0.39 is 48.3 Å². The SMILES string of the molecule is O=C(Nc1ccccc1OCC(F)(F)C(F)(F)C(F)(F)C(F)F)c1cccc(F)c1. The first kappa shape index (κ1) is 23.4. The molecule has 0 aliphatic heterocycles. The molecule has 0 aliphatic carbocycles. The van der Waals surface area contributed by atoms with E-state index >= 15 is 0 Å². The fourth-order valence-corrected chi connectivity index (χ4v) is 2.16. The number of rotatable bonds is 8. The van der Waals surface area contributed by atoms with Crippen LogP contribution >= 0.6 is 0 Å². The molecule has 3 nitrogen and oxygen atoms in total. The van der Waals surface area contributed by atoms with Crippen molar-refractivity contribution < 1.29 is 49.0 Å². The fraction of sp³-hybridized carbons (Fsp3) is 0.278. The second-order valence-corrected chi connectivity index (χ2v) is 5.95. The number of alkyl halides is 8. The quantitative estimate of drug-likeness (QED) is 0.535. The van der Waals surface area contributed by atoms with Gasteiger partial charge < -0.3 is 10.1 Å². The van der Waals surface area contributed by atoms with Crippen molar-refractivity contribution in [3.05, 3.63) is 59.9 Å². The van der Waals surface area contributed by atoms with Gasteiger partial charge in [-0.3, -0.25) is 4.79 Å². The molecule has 0 heterocycles. The van der Waals surface area contributed by atoms with Crippen LogP contribution in [-0.4, -0.2) is 36.7 Å². The largest absolute Gasteiger partial charge is 0.485 e. The van der Waals surface area contributed by atoms with Crippen molar-refractivity contribution >= 4 is 11.6 Å². The van der Waals surface area contributed by atoms with Crippen molar-refractivity contribution in [3.63, 3.8) is 0 Å². The number of carbonyl (C=O) groups excluding carboxylic acids is 1. The summed E-state index contributed by atoms with van der Waals surface area (Å²) in [6.07, 6.45) is -5.05. The lowest BCUT2D eigenvalue weighted by Gasteiger charge is -2.32. The van der Waals surface area contributed by atoms with Gasteiger partial charge >= 0.3 is 24.2 Å². The summed E-state index contributed by atoms with van der Waals surface area (Å²) in [5, 5.41) is 2.15. The Bertz CT molecular complexity index is 903. The molecule has 1 N–H and O–H groups in total. The van der Waals surface area contributed by atoms with Crippen molar-refractivity contribution in [2.75, 3.05) is 11.9 Å². The number of carbonyl (C=O) groups is 1. The zero-order chi connectivity index (χ0) is 22.7. The minimum Gasteiger partial charge on any atom is -0.485 e. The van der Waals surface area contributed by atoms with Gasteiger partial charge in [-0.15, -0.1) is 0 Å². The first-order chi connectivity index (χ1) is 13.8. The molecule has 2 rings (SSSR count). The topological polar surface area (TPSA) is 38.3 Å². The average molecular weight is 445 g/mol. The van der Waals surface area contributed by atoms with Gasteiger partial charge in [0.15, 0.2) is 6.61 Å². The van der Waals surface area contributed by atoms with Gasteiger partial charge in [-0.2, -0.15) is 26.3 Å². The Morgan fingerprint density at radius 2 is 1.60 bits per heavy atom. The van der Waals surface area contributed by atoms with E-state index in [9.17, 15) is 44.3 Å². The maximum atomic E-state index is 13.6. The third-order valence-corrected chi connectivity index (χ3v) is 3.78. The lowest BCUT2D eigenvalue weighted by atomic mass is 10.1. The summed E-state index contributed by atoms with van der Waals surface area (Å²) in [5.74, 6) is -20.7. The third-order valence-electron chi connectivity index (χ3n) is 3.78. The summed E-state index contributed by atoms with van der Waals surface area (Å²) in [5.41, 5.74) is -0.523. The number of anilines is 1. The Labute approximate surface area is 163 Å². The molecule has 30 heavy (non-hydrogen) atoms. The van der Waals surface area contributed by atoms with Crippen LogP contribution in [0.1, 0.15) is 10.4 Å². The molecule has 164 valence electrons. The van der Waals surface area contributed by atoms with Crippen molar-refractivity contribution in [3.8, 4) is 5.75 Å². The lowest BCUT2D eigenvalue weighted by molar-refractivity contribution is -0.342. The van der Waals surface area contributed by atoms with E-state index in [2.05, 4.69) is 10.1 Å². The predicted octanol–water partition coefficient (Wildman–Crippen LogP) is 5.63.